The van der Waals surface area contributed by atoms with E-state index in [9.17, 15) is 5.11 Å². The van der Waals surface area contributed by atoms with Crippen LogP contribution in [0.3, 0.4) is 0 Å². The zero-order valence-corrected chi connectivity index (χ0v) is 21.4. The Labute approximate surface area is 211 Å². The maximum Gasteiger partial charge on any atom is 0.256 e. The van der Waals surface area contributed by atoms with Crippen molar-refractivity contribution in [2.24, 2.45) is 5.92 Å². The molecule has 0 radical (unpaired) electrons. The van der Waals surface area contributed by atoms with Crippen LogP contribution >= 0.6 is 0 Å². The molecule has 0 saturated carbocycles. The maximum atomic E-state index is 10.9. The first-order valence-corrected chi connectivity index (χ1v) is 12.4. The zero-order valence-electron chi connectivity index (χ0n) is 21.4. The van der Waals surface area contributed by atoms with E-state index in [2.05, 4.69) is 23.8 Å². The van der Waals surface area contributed by atoms with Crippen molar-refractivity contribution in [2.75, 3.05) is 27.4 Å². The molecule has 0 bridgehead atoms. The van der Waals surface area contributed by atoms with E-state index in [4.69, 9.17) is 19.2 Å². The van der Waals surface area contributed by atoms with Gasteiger partial charge in [0.05, 0.1) is 42.7 Å². The molecule has 0 saturated heterocycles. The van der Waals surface area contributed by atoms with Crippen LogP contribution in [0, 0.1) is 5.92 Å². The van der Waals surface area contributed by atoms with Gasteiger partial charge in [0.25, 0.3) is 5.88 Å². The fourth-order valence-corrected chi connectivity index (χ4v) is 4.23. The highest BCUT2D eigenvalue weighted by Gasteiger charge is 2.15. The monoisotopic (exact) mass is 490 g/mol. The van der Waals surface area contributed by atoms with Crippen LogP contribution in [0.15, 0.2) is 48.9 Å². The van der Waals surface area contributed by atoms with Gasteiger partial charge < -0.3 is 19.3 Å². The van der Waals surface area contributed by atoms with Gasteiger partial charge in [0.1, 0.15) is 0 Å². The van der Waals surface area contributed by atoms with Gasteiger partial charge in [-0.1, -0.05) is 20.3 Å². The Morgan fingerprint density at radius 3 is 2.56 bits per heavy atom. The lowest BCUT2D eigenvalue weighted by molar-refractivity contribution is 0.119. The molecule has 36 heavy (non-hydrogen) atoms. The lowest BCUT2D eigenvalue weighted by atomic mass is 9.97. The molecule has 0 aliphatic heterocycles. The third-order valence-corrected chi connectivity index (χ3v) is 6.35. The number of rotatable bonds is 12. The minimum absolute atomic E-state index is 0.128. The molecule has 1 N–H and O–H groups in total. The first kappa shape index (κ1) is 25.4. The van der Waals surface area contributed by atoms with E-state index in [1.54, 1.807) is 31.2 Å². The number of aromatic nitrogens is 4. The number of ether oxygens (including phenoxy) is 3. The molecule has 4 heterocycles. The van der Waals surface area contributed by atoms with Crippen molar-refractivity contribution >= 4 is 10.9 Å². The Morgan fingerprint density at radius 1 is 1.00 bits per heavy atom. The first-order chi connectivity index (χ1) is 17.6. The predicted octanol–water partition coefficient (Wildman–Crippen LogP) is 5.59. The standard InChI is InChI=1S/C28H34N4O4/c1-5-12-36-13-11-19(6-2)14-21-7-8-22(17-29-21)32-18-25-23(28(32)33)9-10-24(31-25)20-15-26(34-3)27(35-4)30-16-20/h7-10,15-19,33H,5-6,11-14H2,1-4H3. The van der Waals surface area contributed by atoms with E-state index >= 15 is 0 Å². The second-order valence-corrected chi connectivity index (χ2v) is 8.77. The molecular weight excluding hydrogens is 456 g/mol. The summed E-state index contributed by atoms with van der Waals surface area (Å²) in [6.45, 7) is 5.95. The van der Waals surface area contributed by atoms with Crippen molar-refractivity contribution in [3.05, 3.63) is 54.6 Å². The molecule has 1 atom stereocenters. The maximum absolute atomic E-state index is 10.9. The summed E-state index contributed by atoms with van der Waals surface area (Å²) < 4.78 is 18.0. The van der Waals surface area contributed by atoms with E-state index in [0.29, 0.717) is 28.5 Å². The van der Waals surface area contributed by atoms with E-state index in [1.807, 2.05) is 36.5 Å². The quantitative estimate of drug-likeness (QED) is 0.259. The second-order valence-electron chi connectivity index (χ2n) is 8.77. The molecule has 1 unspecified atom stereocenters. The van der Waals surface area contributed by atoms with Gasteiger partial charge in [0.2, 0.25) is 5.88 Å². The summed E-state index contributed by atoms with van der Waals surface area (Å²) in [5, 5.41) is 11.5. The Hall–Kier alpha value is -3.65. The summed E-state index contributed by atoms with van der Waals surface area (Å²) in [6, 6.07) is 9.56. The second kappa shape index (κ2) is 11.9. The number of fused-ring (bicyclic) bond motifs is 1. The van der Waals surface area contributed by atoms with Gasteiger partial charge in [0.15, 0.2) is 5.75 Å². The molecule has 190 valence electrons. The third kappa shape index (κ3) is 5.60. The SMILES string of the molecule is CCCOCCC(CC)Cc1ccc(-n2cc3nc(-c4cnc(OC)c(OC)c4)ccc3c2O)cn1. The van der Waals surface area contributed by atoms with Gasteiger partial charge in [-0.05, 0) is 55.5 Å². The van der Waals surface area contributed by atoms with Crippen molar-refractivity contribution < 1.29 is 19.3 Å². The molecule has 0 aromatic carbocycles. The molecular formula is C28H34N4O4. The minimum atomic E-state index is 0.128. The topological polar surface area (TPSA) is 91.5 Å². The number of hydrogen-bond acceptors (Lipinski definition) is 7. The Balaban J connectivity index is 1.53. The lowest BCUT2D eigenvalue weighted by Crippen LogP contribution is -2.09. The van der Waals surface area contributed by atoms with Crippen LogP contribution in [0.5, 0.6) is 17.5 Å². The van der Waals surface area contributed by atoms with Crippen LogP contribution in [0.4, 0.5) is 0 Å². The van der Waals surface area contributed by atoms with Crippen LogP contribution < -0.4 is 9.47 Å². The molecule has 0 aliphatic carbocycles. The number of methoxy groups -OCH3 is 2. The van der Waals surface area contributed by atoms with Crippen molar-refractivity contribution in [1.29, 1.82) is 0 Å². The molecule has 8 nitrogen and oxygen atoms in total. The smallest absolute Gasteiger partial charge is 0.256 e. The fourth-order valence-electron chi connectivity index (χ4n) is 4.23. The van der Waals surface area contributed by atoms with E-state index in [-0.39, 0.29) is 5.88 Å². The molecule has 8 heteroatoms. The highest BCUT2D eigenvalue weighted by molar-refractivity contribution is 5.87. The molecule has 0 fully saturated rings. The van der Waals surface area contributed by atoms with Gasteiger partial charge in [-0.25, -0.2) is 9.97 Å². The average molecular weight is 491 g/mol. The molecule has 4 aromatic heterocycles. The predicted molar refractivity (Wildman–Crippen MR) is 140 cm³/mol. The van der Waals surface area contributed by atoms with Crippen LogP contribution in [-0.4, -0.2) is 52.1 Å². The highest BCUT2D eigenvalue weighted by Crippen LogP contribution is 2.33. The lowest BCUT2D eigenvalue weighted by Gasteiger charge is -2.15. The minimum Gasteiger partial charge on any atom is -0.494 e. The van der Waals surface area contributed by atoms with E-state index < -0.39 is 0 Å². The molecule has 4 aromatic rings. The Morgan fingerprint density at radius 2 is 1.86 bits per heavy atom. The highest BCUT2D eigenvalue weighted by atomic mass is 16.5. The molecule has 4 rings (SSSR count). The van der Waals surface area contributed by atoms with Crippen molar-refractivity contribution in [3.63, 3.8) is 0 Å². The van der Waals surface area contributed by atoms with E-state index in [1.165, 1.54) is 0 Å². The average Bonchev–Trinajstić information content (AvgIpc) is 3.25. The number of pyridine rings is 3. The van der Waals surface area contributed by atoms with Crippen LogP contribution in [0.25, 0.3) is 27.8 Å². The molecule has 0 amide bonds. The summed E-state index contributed by atoms with van der Waals surface area (Å²) in [4.78, 5) is 13.7. The summed E-state index contributed by atoms with van der Waals surface area (Å²) >= 11 is 0. The van der Waals surface area contributed by atoms with Crippen molar-refractivity contribution in [1.82, 2.24) is 19.5 Å². The largest absolute Gasteiger partial charge is 0.494 e. The van der Waals surface area contributed by atoms with Gasteiger partial charge in [0, 0.05) is 36.9 Å². The van der Waals surface area contributed by atoms with Gasteiger partial charge in [-0.3, -0.25) is 9.55 Å². The number of aromatic hydroxyl groups is 1. The summed E-state index contributed by atoms with van der Waals surface area (Å²) in [5.74, 6) is 1.61. The van der Waals surface area contributed by atoms with Crippen LogP contribution in [0.2, 0.25) is 0 Å². The Kier molecular flexibility index (Phi) is 8.38. The van der Waals surface area contributed by atoms with E-state index in [0.717, 1.165) is 61.5 Å². The normalized spacial score (nSPS) is 12.1. The Bertz CT molecular complexity index is 1290. The summed E-state index contributed by atoms with van der Waals surface area (Å²) in [5.41, 5.74) is 4.00. The third-order valence-electron chi connectivity index (χ3n) is 6.35. The van der Waals surface area contributed by atoms with Crippen LogP contribution in [-0.2, 0) is 11.2 Å². The number of nitrogens with zero attached hydrogens (tertiary/aromatic N) is 4. The molecule has 0 spiro atoms. The van der Waals surface area contributed by atoms with Crippen molar-refractivity contribution in [3.8, 4) is 34.5 Å². The summed E-state index contributed by atoms with van der Waals surface area (Å²) in [6.07, 6.45) is 9.39. The van der Waals surface area contributed by atoms with Gasteiger partial charge >= 0.3 is 0 Å². The van der Waals surface area contributed by atoms with Gasteiger partial charge in [-0.2, -0.15) is 0 Å². The van der Waals surface area contributed by atoms with Crippen molar-refractivity contribution in [2.45, 2.75) is 39.5 Å². The first-order valence-electron chi connectivity index (χ1n) is 12.4. The number of hydrogen-bond donors (Lipinski definition) is 1. The zero-order chi connectivity index (χ0) is 25.5. The van der Waals surface area contributed by atoms with Crippen LogP contribution in [0.1, 0.15) is 38.8 Å². The fraction of sp³-hybridized carbons (Fsp3) is 0.393. The summed E-state index contributed by atoms with van der Waals surface area (Å²) in [7, 11) is 3.12. The van der Waals surface area contributed by atoms with Gasteiger partial charge in [-0.15, -0.1) is 0 Å². The molecule has 0 aliphatic rings.